The number of carbonyl (C=O) groups is 1. The highest BCUT2D eigenvalue weighted by Crippen LogP contribution is 2.39. The number of nitrogens with zero attached hydrogens (tertiary/aromatic N) is 1. The average Bonchev–Trinajstić information content (AvgIpc) is 2.75. The molecule has 5 heteroatoms. The molecule has 82 valence electrons. The van der Waals surface area contributed by atoms with Crippen LogP contribution in [0.4, 0.5) is 0 Å². The number of carboxylic acids is 1. The number of aromatic nitrogens is 1. The van der Waals surface area contributed by atoms with Crippen molar-refractivity contribution in [3.63, 3.8) is 0 Å². The third kappa shape index (κ3) is 2.52. The van der Waals surface area contributed by atoms with Crippen molar-refractivity contribution < 1.29 is 9.90 Å². The minimum atomic E-state index is -0.654. The molecule has 3 nitrogen and oxygen atoms in total. The lowest BCUT2D eigenvalue weighted by Gasteiger charge is -2.12. The minimum Gasteiger partial charge on any atom is -0.481 e. The Balaban J connectivity index is 2.02. The van der Waals surface area contributed by atoms with E-state index in [1.165, 1.54) is 0 Å². The maximum atomic E-state index is 11.0. The van der Waals surface area contributed by atoms with Crippen molar-refractivity contribution in [2.45, 2.75) is 35.8 Å². The molecule has 1 heterocycles. The van der Waals surface area contributed by atoms with E-state index in [9.17, 15) is 4.79 Å². The van der Waals surface area contributed by atoms with E-state index in [0.717, 1.165) is 29.3 Å². The number of hydrogen-bond donors (Lipinski definition) is 1. The molecule has 0 amide bonds. The number of aliphatic carboxylic acids is 1. The molecule has 1 fully saturated rings. The van der Waals surface area contributed by atoms with Gasteiger partial charge in [0.05, 0.1) is 5.92 Å². The van der Waals surface area contributed by atoms with E-state index < -0.39 is 5.97 Å². The summed E-state index contributed by atoms with van der Waals surface area (Å²) < 4.78 is 1.01. The van der Waals surface area contributed by atoms with Crippen molar-refractivity contribution >= 4 is 29.1 Å². The molecule has 2 atom stereocenters. The summed E-state index contributed by atoms with van der Waals surface area (Å²) >= 11 is 3.24. The summed E-state index contributed by atoms with van der Waals surface area (Å²) in [5, 5.41) is 11.3. The largest absolute Gasteiger partial charge is 0.481 e. The van der Waals surface area contributed by atoms with Gasteiger partial charge >= 0.3 is 5.97 Å². The summed E-state index contributed by atoms with van der Waals surface area (Å²) in [6.45, 7) is 1.96. The summed E-state index contributed by atoms with van der Waals surface area (Å²) in [4.78, 5) is 15.3. The third-order valence-electron chi connectivity index (χ3n) is 2.62. The monoisotopic (exact) mass is 243 g/mol. The molecule has 1 aromatic rings. The zero-order valence-corrected chi connectivity index (χ0v) is 10.1. The first-order valence-electron chi connectivity index (χ1n) is 4.98. The summed E-state index contributed by atoms with van der Waals surface area (Å²) in [5.74, 6) is -0.836. The van der Waals surface area contributed by atoms with Crippen LogP contribution in [-0.2, 0) is 4.79 Å². The van der Waals surface area contributed by atoms with Crippen LogP contribution in [-0.4, -0.2) is 21.3 Å². The van der Waals surface area contributed by atoms with E-state index in [4.69, 9.17) is 5.11 Å². The smallest absolute Gasteiger partial charge is 0.307 e. The van der Waals surface area contributed by atoms with Gasteiger partial charge in [-0.3, -0.25) is 4.79 Å². The molecular formula is C10H13NO2S2. The second-order valence-corrected chi connectivity index (χ2v) is 6.13. The first kappa shape index (κ1) is 11.0. The molecule has 0 spiro atoms. The van der Waals surface area contributed by atoms with E-state index >= 15 is 0 Å². The molecule has 0 radical (unpaired) electrons. The molecule has 0 aromatic carbocycles. The first-order chi connectivity index (χ1) is 7.16. The first-order valence-corrected chi connectivity index (χ1v) is 6.74. The molecular weight excluding hydrogens is 230 g/mol. The Labute approximate surface area is 96.9 Å². The summed E-state index contributed by atoms with van der Waals surface area (Å²) in [6, 6.07) is 0. The standard InChI is InChI=1S/C10H13NO2S2/c1-6-5-14-10(11-6)15-8-4-2-3-7(8)9(12)13/h5,7-8H,2-4H2,1H3,(H,12,13). The van der Waals surface area contributed by atoms with Gasteiger partial charge in [0.25, 0.3) is 0 Å². The van der Waals surface area contributed by atoms with Crippen LogP contribution in [0, 0.1) is 12.8 Å². The SMILES string of the molecule is Cc1csc(SC2CCCC2C(=O)O)n1. The molecule has 0 bridgehead atoms. The van der Waals surface area contributed by atoms with Crippen molar-refractivity contribution in [2.24, 2.45) is 5.92 Å². The van der Waals surface area contributed by atoms with Gasteiger partial charge in [0.2, 0.25) is 0 Å². The van der Waals surface area contributed by atoms with Gasteiger partial charge in [0.15, 0.2) is 0 Å². The highest BCUT2D eigenvalue weighted by atomic mass is 32.2. The van der Waals surface area contributed by atoms with Crippen LogP contribution in [0.3, 0.4) is 0 Å². The molecule has 1 saturated carbocycles. The molecule has 1 aromatic heterocycles. The summed E-state index contributed by atoms with van der Waals surface area (Å²) in [7, 11) is 0. The number of hydrogen-bond acceptors (Lipinski definition) is 4. The van der Waals surface area contributed by atoms with Crippen LogP contribution in [0.5, 0.6) is 0 Å². The topological polar surface area (TPSA) is 50.2 Å². The van der Waals surface area contributed by atoms with Crippen molar-refractivity contribution in [2.75, 3.05) is 0 Å². The van der Waals surface area contributed by atoms with Crippen molar-refractivity contribution in [1.29, 1.82) is 0 Å². The molecule has 1 N–H and O–H groups in total. The Bertz CT molecular complexity index is 364. The van der Waals surface area contributed by atoms with Crippen molar-refractivity contribution in [3.05, 3.63) is 11.1 Å². The van der Waals surface area contributed by atoms with Crippen LogP contribution >= 0.6 is 23.1 Å². The van der Waals surface area contributed by atoms with Crippen LogP contribution in [0.1, 0.15) is 25.0 Å². The van der Waals surface area contributed by atoms with E-state index in [-0.39, 0.29) is 11.2 Å². The normalized spacial score (nSPS) is 25.7. The molecule has 2 unspecified atom stereocenters. The molecule has 15 heavy (non-hydrogen) atoms. The van der Waals surface area contributed by atoms with E-state index in [1.54, 1.807) is 23.1 Å². The fraction of sp³-hybridized carbons (Fsp3) is 0.600. The summed E-state index contributed by atoms with van der Waals surface area (Å²) in [5.41, 5.74) is 1.02. The van der Waals surface area contributed by atoms with Gasteiger partial charge in [0, 0.05) is 16.3 Å². The minimum absolute atomic E-state index is 0.181. The zero-order chi connectivity index (χ0) is 10.8. The Morgan fingerprint density at radius 1 is 1.67 bits per heavy atom. The van der Waals surface area contributed by atoms with Crippen LogP contribution in [0.25, 0.3) is 0 Å². The number of thioether (sulfide) groups is 1. The van der Waals surface area contributed by atoms with Gasteiger partial charge in [0.1, 0.15) is 4.34 Å². The van der Waals surface area contributed by atoms with E-state index in [2.05, 4.69) is 4.98 Å². The lowest BCUT2D eigenvalue weighted by atomic mass is 10.1. The van der Waals surface area contributed by atoms with Gasteiger partial charge in [-0.05, 0) is 19.8 Å². The second kappa shape index (κ2) is 4.53. The predicted octanol–water partition coefficient (Wildman–Crippen LogP) is 2.80. The van der Waals surface area contributed by atoms with Gasteiger partial charge in [-0.25, -0.2) is 4.98 Å². The van der Waals surface area contributed by atoms with Crippen LogP contribution in [0.2, 0.25) is 0 Å². The molecule has 1 aliphatic carbocycles. The molecule has 0 saturated heterocycles. The number of aryl methyl sites for hydroxylation is 1. The van der Waals surface area contributed by atoms with Crippen LogP contribution in [0.15, 0.2) is 9.72 Å². The zero-order valence-electron chi connectivity index (χ0n) is 8.47. The highest BCUT2D eigenvalue weighted by Gasteiger charge is 2.34. The third-order valence-corrected chi connectivity index (χ3v) is 5.11. The van der Waals surface area contributed by atoms with Crippen molar-refractivity contribution in [3.8, 4) is 0 Å². The Morgan fingerprint density at radius 2 is 2.47 bits per heavy atom. The highest BCUT2D eigenvalue weighted by molar-refractivity contribution is 8.01. The van der Waals surface area contributed by atoms with Gasteiger partial charge in [-0.2, -0.15) is 0 Å². The lowest BCUT2D eigenvalue weighted by Crippen LogP contribution is -2.19. The van der Waals surface area contributed by atoms with Gasteiger partial charge < -0.3 is 5.11 Å². The van der Waals surface area contributed by atoms with Crippen LogP contribution < -0.4 is 0 Å². The molecule has 2 rings (SSSR count). The number of rotatable bonds is 3. The predicted molar refractivity (Wildman–Crippen MR) is 61.5 cm³/mol. The van der Waals surface area contributed by atoms with E-state index in [0.29, 0.717) is 0 Å². The molecule has 0 aliphatic heterocycles. The Kier molecular flexibility index (Phi) is 3.31. The van der Waals surface area contributed by atoms with Gasteiger partial charge in [-0.1, -0.05) is 18.2 Å². The lowest BCUT2D eigenvalue weighted by molar-refractivity contribution is -0.141. The maximum absolute atomic E-state index is 11.0. The quantitative estimate of drug-likeness (QED) is 0.887. The van der Waals surface area contributed by atoms with Crippen molar-refractivity contribution in [1.82, 2.24) is 4.98 Å². The number of thiazole rings is 1. The van der Waals surface area contributed by atoms with E-state index in [1.807, 2.05) is 12.3 Å². The molecule has 1 aliphatic rings. The van der Waals surface area contributed by atoms with Gasteiger partial charge in [-0.15, -0.1) is 11.3 Å². The Hall–Kier alpha value is -0.550. The average molecular weight is 243 g/mol. The number of carboxylic acid groups (broad SMARTS) is 1. The maximum Gasteiger partial charge on any atom is 0.307 e. The Morgan fingerprint density at radius 3 is 3.07 bits per heavy atom. The fourth-order valence-corrected chi connectivity index (χ4v) is 4.28. The summed E-state index contributed by atoms with van der Waals surface area (Å²) in [6.07, 6.45) is 2.84. The fourth-order valence-electron chi connectivity index (χ4n) is 1.87. The second-order valence-electron chi connectivity index (χ2n) is 3.79.